The molecule has 2 N–H and O–H groups in total. The molecule has 0 saturated heterocycles. The number of carboxylic acids is 1. The highest BCUT2D eigenvalue weighted by Crippen LogP contribution is 2.18. The second kappa shape index (κ2) is 5.35. The maximum Gasteiger partial charge on any atom is 0.356 e. The largest absolute Gasteiger partial charge is 0.476 e. The Hall–Kier alpha value is -1.62. The Morgan fingerprint density at radius 3 is 2.78 bits per heavy atom. The molecule has 0 saturated carbocycles. The molecule has 1 aromatic heterocycles. The van der Waals surface area contributed by atoms with Crippen LogP contribution in [0.1, 0.15) is 27.6 Å². The minimum absolute atomic E-state index is 0.125. The number of carboxylic acid groups (broad SMARTS) is 1. The van der Waals surface area contributed by atoms with Gasteiger partial charge in [-0.25, -0.2) is 9.78 Å². The summed E-state index contributed by atoms with van der Waals surface area (Å²) in [5.74, 6) is -0.351. The predicted molar refractivity (Wildman–Crippen MR) is 71.8 cm³/mol. The number of aromatic carboxylic acids is 1. The van der Waals surface area contributed by atoms with Gasteiger partial charge in [-0.15, -0.1) is 0 Å². The van der Waals surface area contributed by atoms with Gasteiger partial charge in [-0.3, -0.25) is 0 Å². The predicted octanol–water partition coefficient (Wildman–Crippen LogP) is 2.96. The number of carbonyl (C=O) groups is 1. The Labute approximate surface area is 113 Å². The Kier molecular flexibility index (Phi) is 3.81. The SMILES string of the molecule is Cc1nc(C(=O)O)c(CCc2ccccc2Br)[nH]1. The van der Waals surface area contributed by atoms with Crippen molar-refractivity contribution in [2.24, 2.45) is 0 Å². The highest BCUT2D eigenvalue weighted by Gasteiger charge is 2.15. The number of halogens is 1. The molecule has 0 aliphatic heterocycles. The van der Waals surface area contributed by atoms with Crippen LogP contribution in [0.4, 0.5) is 0 Å². The monoisotopic (exact) mass is 308 g/mol. The van der Waals surface area contributed by atoms with E-state index in [1.807, 2.05) is 24.3 Å². The van der Waals surface area contributed by atoms with Gasteiger partial charge in [0.25, 0.3) is 0 Å². The summed E-state index contributed by atoms with van der Waals surface area (Å²) in [7, 11) is 0. The molecule has 0 aliphatic carbocycles. The summed E-state index contributed by atoms with van der Waals surface area (Å²) in [4.78, 5) is 18.0. The second-order valence-electron chi connectivity index (χ2n) is 4.05. The van der Waals surface area contributed by atoms with Gasteiger partial charge in [-0.05, 0) is 31.4 Å². The fourth-order valence-electron chi connectivity index (χ4n) is 1.86. The summed E-state index contributed by atoms with van der Waals surface area (Å²) in [6.07, 6.45) is 1.40. The van der Waals surface area contributed by atoms with Gasteiger partial charge in [0.15, 0.2) is 5.69 Å². The standard InChI is InChI=1S/C13H13BrN2O2/c1-8-15-11(12(16-8)13(17)18)7-6-9-4-2-3-5-10(9)14/h2-5H,6-7H2,1H3,(H,15,16)(H,17,18). The molecule has 2 rings (SSSR count). The molecule has 0 bridgehead atoms. The van der Waals surface area contributed by atoms with E-state index in [1.165, 1.54) is 0 Å². The van der Waals surface area contributed by atoms with Gasteiger partial charge in [0.2, 0.25) is 0 Å². The van der Waals surface area contributed by atoms with Crippen molar-refractivity contribution in [3.05, 3.63) is 51.5 Å². The van der Waals surface area contributed by atoms with E-state index in [0.29, 0.717) is 17.9 Å². The van der Waals surface area contributed by atoms with Crippen molar-refractivity contribution in [3.8, 4) is 0 Å². The summed E-state index contributed by atoms with van der Waals surface area (Å²) in [6.45, 7) is 1.76. The first kappa shape index (κ1) is 12.8. The number of aromatic nitrogens is 2. The van der Waals surface area contributed by atoms with Crippen LogP contribution in [0.15, 0.2) is 28.7 Å². The first-order valence-corrected chi connectivity index (χ1v) is 6.39. The van der Waals surface area contributed by atoms with Gasteiger partial charge in [-0.1, -0.05) is 34.1 Å². The fraction of sp³-hybridized carbons (Fsp3) is 0.231. The third-order valence-corrected chi connectivity index (χ3v) is 3.48. The zero-order valence-electron chi connectivity index (χ0n) is 9.90. The minimum atomic E-state index is -0.985. The van der Waals surface area contributed by atoms with Crippen LogP contribution < -0.4 is 0 Å². The number of hydrogen-bond donors (Lipinski definition) is 2. The van der Waals surface area contributed by atoms with Crippen LogP contribution in [-0.4, -0.2) is 21.0 Å². The van der Waals surface area contributed by atoms with Gasteiger partial charge in [0, 0.05) is 10.2 Å². The summed E-state index contributed by atoms with van der Waals surface area (Å²) >= 11 is 3.48. The van der Waals surface area contributed by atoms with Crippen molar-refractivity contribution >= 4 is 21.9 Å². The van der Waals surface area contributed by atoms with E-state index in [-0.39, 0.29) is 5.69 Å². The summed E-state index contributed by atoms with van der Waals surface area (Å²) in [5.41, 5.74) is 1.95. The molecule has 0 amide bonds. The lowest BCUT2D eigenvalue weighted by molar-refractivity contribution is 0.0689. The number of benzene rings is 1. The van der Waals surface area contributed by atoms with Crippen molar-refractivity contribution in [2.75, 3.05) is 0 Å². The van der Waals surface area contributed by atoms with E-state index in [4.69, 9.17) is 5.11 Å². The lowest BCUT2D eigenvalue weighted by Gasteiger charge is -2.03. The molecule has 1 aromatic carbocycles. The molecule has 0 radical (unpaired) electrons. The first-order valence-electron chi connectivity index (χ1n) is 5.60. The Balaban J connectivity index is 2.16. The number of aryl methyl sites for hydroxylation is 3. The fourth-order valence-corrected chi connectivity index (χ4v) is 2.34. The topological polar surface area (TPSA) is 66.0 Å². The molecule has 94 valence electrons. The Morgan fingerprint density at radius 2 is 2.11 bits per heavy atom. The molecule has 0 unspecified atom stereocenters. The molecule has 0 atom stereocenters. The van der Waals surface area contributed by atoms with Gasteiger partial charge in [-0.2, -0.15) is 0 Å². The second-order valence-corrected chi connectivity index (χ2v) is 4.90. The summed E-state index contributed by atoms with van der Waals surface area (Å²) < 4.78 is 1.04. The van der Waals surface area contributed by atoms with Gasteiger partial charge in [0.05, 0.1) is 0 Å². The zero-order chi connectivity index (χ0) is 13.1. The normalized spacial score (nSPS) is 10.6. The van der Waals surface area contributed by atoms with Crippen LogP contribution in [-0.2, 0) is 12.8 Å². The molecule has 0 fully saturated rings. The van der Waals surface area contributed by atoms with Crippen molar-refractivity contribution in [1.29, 1.82) is 0 Å². The van der Waals surface area contributed by atoms with E-state index in [2.05, 4.69) is 25.9 Å². The maximum atomic E-state index is 11.0. The molecule has 18 heavy (non-hydrogen) atoms. The first-order chi connectivity index (χ1) is 8.58. The molecule has 5 heteroatoms. The van der Waals surface area contributed by atoms with E-state index in [9.17, 15) is 4.79 Å². The van der Waals surface area contributed by atoms with Gasteiger partial charge < -0.3 is 10.1 Å². The number of rotatable bonds is 4. The maximum absolute atomic E-state index is 11.0. The number of H-pyrrole nitrogens is 1. The number of imidazole rings is 1. The lowest BCUT2D eigenvalue weighted by atomic mass is 10.1. The molecule has 0 aliphatic rings. The third-order valence-electron chi connectivity index (χ3n) is 2.70. The average molecular weight is 309 g/mol. The Bertz CT molecular complexity index is 578. The van der Waals surface area contributed by atoms with Crippen molar-refractivity contribution in [3.63, 3.8) is 0 Å². The van der Waals surface area contributed by atoms with Crippen LogP contribution >= 0.6 is 15.9 Å². The van der Waals surface area contributed by atoms with Crippen LogP contribution in [0, 0.1) is 6.92 Å². The molecule has 4 nitrogen and oxygen atoms in total. The van der Waals surface area contributed by atoms with E-state index >= 15 is 0 Å². The van der Waals surface area contributed by atoms with Crippen LogP contribution in [0.3, 0.4) is 0 Å². The van der Waals surface area contributed by atoms with Crippen molar-refractivity contribution in [2.45, 2.75) is 19.8 Å². The number of aromatic amines is 1. The molecule has 2 aromatic rings. The van der Waals surface area contributed by atoms with Crippen molar-refractivity contribution in [1.82, 2.24) is 9.97 Å². The smallest absolute Gasteiger partial charge is 0.356 e. The molecule has 1 heterocycles. The van der Waals surface area contributed by atoms with E-state index < -0.39 is 5.97 Å². The molecule has 0 spiro atoms. The number of nitrogens with zero attached hydrogens (tertiary/aromatic N) is 1. The van der Waals surface area contributed by atoms with Crippen LogP contribution in [0.25, 0.3) is 0 Å². The van der Waals surface area contributed by atoms with Crippen molar-refractivity contribution < 1.29 is 9.90 Å². The zero-order valence-corrected chi connectivity index (χ0v) is 11.5. The highest BCUT2D eigenvalue weighted by molar-refractivity contribution is 9.10. The highest BCUT2D eigenvalue weighted by atomic mass is 79.9. The third kappa shape index (κ3) is 2.79. The van der Waals surface area contributed by atoms with Gasteiger partial charge >= 0.3 is 5.97 Å². The summed E-state index contributed by atoms with van der Waals surface area (Å²) in [5, 5.41) is 9.04. The molecular weight excluding hydrogens is 296 g/mol. The minimum Gasteiger partial charge on any atom is -0.476 e. The molecular formula is C13H13BrN2O2. The number of nitrogens with one attached hydrogen (secondary N) is 1. The Morgan fingerprint density at radius 1 is 1.39 bits per heavy atom. The number of hydrogen-bond acceptors (Lipinski definition) is 2. The van der Waals surface area contributed by atoms with E-state index in [0.717, 1.165) is 16.5 Å². The summed E-state index contributed by atoms with van der Waals surface area (Å²) in [6, 6.07) is 7.92. The van der Waals surface area contributed by atoms with E-state index in [1.54, 1.807) is 6.92 Å². The average Bonchev–Trinajstić information content (AvgIpc) is 2.70. The quantitative estimate of drug-likeness (QED) is 0.912. The van der Waals surface area contributed by atoms with Crippen LogP contribution in [0.2, 0.25) is 0 Å². The van der Waals surface area contributed by atoms with Gasteiger partial charge in [0.1, 0.15) is 5.82 Å². The lowest BCUT2D eigenvalue weighted by Crippen LogP contribution is -2.03. The van der Waals surface area contributed by atoms with Crippen LogP contribution in [0.5, 0.6) is 0 Å².